The predicted octanol–water partition coefficient (Wildman–Crippen LogP) is 3.04. The molecular weight excluding hydrogens is 320 g/mol. The van der Waals surface area contributed by atoms with Gasteiger partial charge in [-0.05, 0) is 48.7 Å². The summed E-state index contributed by atoms with van der Waals surface area (Å²) < 4.78 is 10.7. The highest BCUT2D eigenvalue weighted by molar-refractivity contribution is 6.02. The molecule has 2 aromatic carbocycles. The fraction of sp³-hybridized carbons (Fsp3) is 0.263. The lowest BCUT2D eigenvalue weighted by Gasteiger charge is -2.17. The zero-order valence-electron chi connectivity index (χ0n) is 13.8. The van der Waals surface area contributed by atoms with E-state index >= 15 is 0 Å². The van der Waals surface area contributed by atoms with Crippen molar-refractivity contribution in [3.05, 3.63) is 48.0 Å². The van der Waals surface area contributed by atoms with Crippen molar-refractivity contribution in [3.8, 4) is 11.5 Å². The first-order valence-electron chi connectivity index (χ1n) is 8.16. The van der Waals surface area contributed by atoms with Gasteiger partial charge in [0.25, 0.3) is 0 Å². The summed E-state index contributed by atoms with van der Waals surface area (Å²) >= 11 is 0. The zero-order chi connectivity index (χ0) is 17.4. The number of rotatable bonds is 4. The molecule has 0 bridgehead atoms. The van der Waals surface area contributed by atoms with Crippen LogP contribution in [-0.2, 0) is 15.0 Å². The first-order valence-corrected chi connectivity index (χ1v) is 8.16. The Kier molecular flexibility index (Phi) is 3.60. The quantitative estimate of drug-likeness (QED) is 0.898. The third-order valence-electron chi connectivity index (χ3n) is 4.55. The number of fused-ring (bicyclic) bond motifs is 1. The molecule has 2 amide bonds. The van der Waals surface area contributed by atoms with Crippen LogP contribution >= 0.6 is 0 Å². The second kappa shape index (κ2) is 5.81. The van der Waals surface area contributed by atoms with Crippen molar-refractivity contribution in [2.24, 2.45) is 0 Å². The van der Waals surface area contributed by atoms with Crippen LogP contribution in [0.2, 0.25) is 0 Å². The third-order valence-corrected chi connectivity index (χ3v) is 4.55. The molecule has 1 aliphatic carbocycles. The number of amides is 2. The summed E-state index contributed by atoms with van der Waals surface area (Å²) in [4.78, 5) is 24.0. The van der Waals surface area contributed by atoms with Crippen molar-refractivity contribution in [1.29, 1.82) is 0 Å². The number of nitrogens with one attached hydrogen (secondary N) is 2. The Labute approximate surface area is 145 Å². The average Bonchev–Trinajstić information content (AvgIpc) is 3.26. The molecule has 0 radical (unpaired) electrons. The summed E-state index contributed by atoms with van der Waals surface area (Å²) in [6.45, 7) is 1.66. The standard InChI is InChI=1S/C19H18N2O4/c1-12(22)20-14-3-2-4-15(10-14)21-18(23)19(7-8-19)13-5-6-16-17(9-13)25-11-24-16/h2-6,9-10H,7-8,11H2,1H3,(H,20,22)(H,21,23). The molecule has 1 saturated carbocycles. The average molecular weight is 338 g/mol. The van der Waals surface area contributed by atoms with E-state index in [4.69, 9.17) is 9.47 Å². The minimum atomic E-state index is -0.523. The van der Waals surface area contributed by atoms with Crippen LogP contribution in [0.1, 0.15) is 25.3 Å². The van der Waals surface area contributed by atoms with Gasteiger partial charge in [-0.15, -0.1) is 0 Å². The molecule has 1 aliphatic heterocycles. The maximum absolute atomic E-state index is 12.9. The minimum Gasteiger partial charge on any atom is -0.454 e. The Hall–Kier alpha value is -3.02. The Morgan fingerprint density at radius 2 is 1.68 bits per heavy atom. The number of ether oxygens (including phenoxy) is 2. The van der Waals surface area contributed by atoms with Crippen LogP contribution in [0.15, 0.2) is 42.5 Å². The van der Waals surface area contributed by atoms with Crippen LogP contribution in [0.25, 0.3) is 0 Å². The fourth-order valence-corrected chi connectivity index (χ4v) is 3.09. The first kappa shape index (κ1) is 15.5. The van der Waals surface area contributed by atoms with Crippen LogP contribution in [0.3, 0.4) is 0 Å². The van der Waals surface area contributed by atoms with Gasteiger partial charge in [0.05, 0.1) is 5.41 Å². The molecule has 4 rings (SSSR count). The Morgan fingerprint density at radius 1 is 0.960 bits per heavy atom. The van der Waals surface area contributed by atoms with E-state index in [9.17, 15) is 9.59 Å². The van der Waals surface area contributed by atoms with Gasteiger partial charge in [-0.2, -0.15) is 0 Å². The van der Waals surface area contributed by atoms with Gasteiger partial charge in [0, 0.05) is 18.3 Å². The molecule has 0 spiro atoms. The zero-order valence-corrected chi connectivity index (χ0v) is 13.8. The molecule has 1 heterocycles. The molecule has 1 fully saturated rings. The maximum Gasteiger partial charge on any atom is 0.235 e. The van der Waals surface area contributed by atoms with E-state index in [0.29, 0.717) is 22.9 Å². The summed E-state index contributed by atoms with van der Waals surface area (Å²) in [5.41, 5.74) is 1.72. The molecule has 0 aromatic heterocycles. The van der Waals surface area contributed by atoms with Gasteiger partial charge in [-0.1, -0.05) is 12.1 Å². The summed E-state index contributed by atoms with van der Waals surface area (Å²) in [7, 11) is 0. The molecule has 2 aromatic rings. The van der Waals surface area contributed by atoms with Gasteiger partial charge in [-0.25, -0.2) is 0 Å². The summed E-state index contributed by atoms with van der Waals surface area (Å²) in [6, 6.07) is 12.8. The van der Waals surface area contributed by atoms with Crippen molar-refractivity contribution in [2.45, 2.75) is 25.2 Å². The van der Waals surface area contributed by atoms with Crippen LogP contribution in [0.5, 0.6) is 11.5 Å². The highest BCUT2D eigenvalue weighted by Crippen LogP contribution is 2.51. The molecule has 128 valence electrons. The third kappa shape index (κ3) is 2.91. The van der Waals surface area contributed by atoms with Gasteiger partial charge < -0.3 is 20.1 Å². The fourth-order valence-electron chi connectivity index (χ4n) is 3.09. The Bertz CT molecular complexity index is 858. The molecule has 6 nitrogen and oxygen atoms in total. The molecule has 0 atom stereocenters. The SMILES string of the molecule is CC(=O)Nc1cccc(NC(=O)C2(c3ccc4c(c3)OCO4)CC2)c1. The molecule has 2 aliphatic rings. The van der Waals surface area contributed by atoms with Gasteiger partial charge >= 0.3 is 0 Å². The molecule has 0 unspecified atom stereocenters. The van der Waals surface area contributed by atoms with E-state index in [2.05, 4.69) is 10.6 Å². The van der Waals surface area contributed by atoms with Gasteiger partial charge in [0.1, 0.15) is 0 Å². The van der Waals surface area contributed by atoms with Crippen molar-refractivity contribution in [1.82, 2.24) is 0 Å². The Morgan fingerprint density at radius 3 is 2.40 bits per heavy atom. The lowest BCUT2D eigenvalue weighted by molar-refractivity contribution is -0.118. The topological polar surface area (TPSA) is 76.7 Å². The number of benzene rings is 2. The minimum absolute atomic E-state index is 0.0497. The molecule has 25 heavy (non-hydrogen) atoms. The van der Waals surface area contributed by atoms with E-state index in [1.807, 2.05) is 18.2 Å². The van der Waals surface area contributed by atoms with E-state index < -0.39 is 5.41 Å². The smallest absolute Gasteiger partial charge is 0.235 e. The van der Waals surface area contributed by atoms with Crippen LogP contribution in [-0.4, -0.2) is 18.6 Å². The largest absolute Gasteiger partial charge is 0.454 e. The van der Waals surface area contributed by atoms with E-state index in [1.165, 1.54) is 6.92 Å². The lowest BCUT2D eigenvalue weighted by Crippen LogP contribution is -2.27. The van der Waals surface area contributed by atoms with Gasteiger partial charge in [0.2, 0.25) is 18.6 Å². The highest BCUT2D eigenvalue weighted by Gasteiger charge is 2.51. The van der Waals surface area contributed by atoms with Gasteiger partial charge in [0.15, 0.2) is 11.5 Å². The predicted molar refractivity (Wildman–Crippen MR) is 92.9 cm³/mol. The summed E-state index contributed by atoms with van der Waals surface area (Å²) in [5, 5.41) is 5.67. The second-order valence-corrected chi connectivity index (χ2v) is 6.37. The van der Waals surface area contributed by atoms with E-state index in [0.717, 1.165) is 18.4 Å². The maximum atomic E-state index is 12.9. The molecule has 0 saturated heterocycles. The van der Waals surface area contributed by atoms with E-state index in [-0.39, 0.29) is 18.6 Å². The number of hydrogen-bond acceptors (Lipinski definition) is 4. The van der Waals surface area contributed by atoms with Crippen molar-refractivity contribution in [2.75, 3.05) is 17.4 Å². The monoisotopic (exact) mass is 338 g/mol. The number of anilines is 2. The molecular formula is C19H18N2O4. The van der Waals surface area contributed by atoms with Crippen molar-refractivity contribution < 1.29 is 19.1 Å². The lowest BCUT2D eigenvalue weighted by atomic mass is 9.94. The van der Waals surface area contributed by atoms with Crippen molar-refractivity contribution >= 4 is 23.2 Å². The van der Waals surface area contributed by atoms with Crippen molar-refractivity contribution in [3.63, 3.8) is 0 Å². The number of hydrogen-bond donors (Lipinski definition) is 2. The number of carbonyl (C=O) groups excluding carboxylic acids is 2. The van der Waals surface area contributed by atoms with Gasteiger partial charge in [-0.3, -0.25) is 9.59 Å². The second-order valence-electron chi connectivity index (χ2n) is 6.37. The normalized spacial score (nSPS) is 16.2. The molecule has 2 N–H and O–H groups in total. The first-order chi connectivity index (χ1) is 12.1. The van der Waals surface area contributed by atoms with E-state index in [1.54, 1.807) is 24.3 Å². The summed E-state index contributed by atoms with van der Waals surface area (Å²) in [6.07, 6.45) is 1.59. The van der Waals surface area contributed by atoms with Crippen LogP contribution in [0.4, 0.5) is 11.4 Å². The number of carbonyl (C=O) groups is 2. The highest BCUT2D eigenvalue weighted by atomic mass is 16.7. The van der Waals surface area contributed by atoms with Crippen LogP contribution in [0, 0.1) is 0 Å². The Balaban J connectivity index is 1.54. The molecule has 6 heteroatoms. The summed E-state index contributed by atoms with van der Waals surface area (Å²) in [5.74, 6) is 1.20. The van der Waals surface area contributed by atoms with Crippen LogP contribution < -0.4 is 20.1 Å².